The van der Waals surface area contributed by atoms with Gasteiger partial charge in [-0.3, -0.25) is 0 Å². The van der Waals surface area contributed by atoms with Crippen molar-refractivity contribution in [1.82, 2.24) is 25.2 Å². The number of thioether (sulfide) groups is 1. The van der Waals surface area contributed by atoms with E-state index in [4.69, 9.17) is 0 Å². The molecular formula is C10H15N5S2. The number of tetrazole rings is 1. The molecule has 0 amide bonds. The average Bonchev–Trinajstić information content (AvgIpc) is 2.84. The Hall–Kier alpha value is -0.950. The molecular weight excluding hydrogens is 254 g/mol. The molecule has 0 aliphatic carbocycles. The molecule has 2 aromatic heterocycles. The van der Waals surface area contributed by atoms with Crippen LogP contribution in [0.3, 0.4) is 0 Å². The summed E-state index contributed by atoms with van der Waals surface area (Å²) in [4.78, 5) is 4.42. The van der Waals surface area contributed by atoms with E-state index in [9.17, 15) is 0 Å². The molecule has 0 aliphatic heterocycles. The molecule has 17 heavy (non-hydrogen) atoms. The van der Waals surface area contributed by atoms with E-state index in [2.05, 4.69) is 39.7 Å². The van der Waals surface area contributed by atoms with Crippen LogP contribution in [-0.4, -0.2) is 25.2 Å². The molecule has 0 aromatic carbocycles. The molecule has 0 saturated carbocycles. The first-order valence-corrected chi connectivity index (χ1v) is 7.31. The number of hydrogen-bond donors (Lipinski definition) is 0. The molecule has 0 atom stereocenters. The molecule has 92 valence electrons. The predicted molar refractivity (Wildman–Crippen MR) is 69.1 cm³/mol. The number of thiazole rings is 1. The van der Waals surface area contributed by atoms with Crippen molar-refractivity contribution in [2.24, 2.45) is 5.92 Å². The summed E-state index contributed by atoms with van der Waals surface area (Å²) in [5, 5.41) is 15.8. The van der Waals surface area contributed by atoms with Crippen LogP contribution in [0.25, 0.3) is 0 Å². The highest BCUT2D eigenvalue weighted by Crippen LogP contribution is 2.21. The molecule has 2 aromatic rings. The molecule has 0 saturated heterocycles. The van der Waals surface area contributed by atoms with E-state index in [1.54, 1.807) is 23.1 Å². The summed E-state index contributed by atoms with van der Waals surface area (Å²) < 4.78 is 1.86. The Morgan fingerprint density at radius 1 is 1.47 bits per heavy atom. The Balaban J connectivity index is 1.97. The topological polar surface area (TPSA) is 56.5 Å². The molecule has 0 bridgehead atoms. The molecule has 2 heterocycles. The largest absolute Gasteiger partial charge is 0.246 e. The summed E-state index contributed by atoms with van der Waals surface area (Å²) in [5.41, 5.74) is 1.09. The zero-order chi connectivity index (χ0) is 12.3. The van der Waals surface area contributed by atoms with Crippen LogP contribution in [0.5, 0.6) is 0 Å². The highest BCUT2D eigenvalue weighted by Gasteiger charge is 2.09. The van der Waals surface area contributed by atoms with Crippen LogP contribution in [0, 0.1) is 12.8 Å². The van der Waals surface area contributed by atoms with Gasteiger partial charge >= 0.3 is 0 Å². The molecule has 5 nitrogen and oxygen atoms in total. The molecule has 0 unspecified atom stereocenters. The molecule has 0 radical (unpaired) electrons. The Kier molecular flexibility index (Phi) is 4.11. The van der Waals surface area contributed by atoms with Crippen molar-refractivity contribution in [3.63, 3.8) is 0 Å². The van der Waals surface area contributed by atoms with Crippen LogP contribution in [0.4, 0.5) is 0 Å². The summed E-state index contributed by atoms with van der Waals surface area (Å²) in [5.74, 6) is 1.36. The van der Waals surface area contributed by atoms with E-state index in [-0.39, 0.29) is 0 Å². The first-order chi connectivity index (χ1) is 8.15. The van der Waals surface area contributed by atoms with Gasteiger partial charge in [-0.15, -0.1) is 16.4 Å². The summed E-state index contributed by atoms with van der Waals surface area (Å²) in [7, 11) is 0. The maximum absolute atomic E-state index is 4.42. The van der Waals surface area contributed by atoms with Gasteiger partial charge in [-0.05, 0) is 23.3 Å². The number of hydrogen-bond acceptors (Lipinski definition) is 6. The van der Waals surface area contributed by atoms with Gasteiger partial charge in [0, 0.05) is 17.7 Å². The third-order valence-corrected chi connectivity index (χ3v) is 3.87. The summed E-state index contributed by atoms with van der Waals surface area (Å²) in [6.45, 7) is 7.17. The minimum Gasteiger partial charge on any atom is -0.246 e. The lowest BCUT2D eigenvalue weighted by atomic mass is 10.2. The van der Waals surface area contributed by atoms with Gasteiger partial charge in [0.25, 0.3) is 0 Å². The van der Waals surface area contributed by atoms with Gasteiger partial charge in [-0.2, -0.15) is 0 Å². The highest BCUT2D eigenvalue weighted by molar-refractivity contribution is 7.98. The van der Waals surface area contributed by atoms with E-state index in [0.717, 1.165) is 28.2 Å². The number of rotatable bonds is 5. The zero-order valence-corrected chi connectivity index (χ0v) is 11.8. The lowest BCUT2D eigenvalue weighted by Crippen LogP contribution is -2.07. The van der Waals surface area contributed by atoms with Gasteiger partial charge in [0.15, 0.2) is 0 Å². The molecule has 0 spiro atoms. The first-order valence-electron chi connectivity index (χ1n) is 5.45. The van der Waals surface area contributed by atoms with E-state index in [1.807, 2.05) is 11.6 Å². The number of aryl methyl sites for hydroxylation is 1. The Morgan fingerprint density at radius 2 is 2.29 bits per heavy atom. The van der Waals surface area contributed by atoms with Crippen LogP contribution < -0.4 is 0 Å². The summed E-state index contributed by atoms with van der Waals surface area (Å²) in [6, 6.07) is 0. The second-order valence-electron chi connectivity index (χ2n) is 4.18. The smallest absolute Gasteiger partial charge is 0.209 e. The molecule has 2 rings (SSSR count). The second-order valence-corrected chi connectivity index (χ2v) is 6.19. The Bertz CT molecular complexity index is 477. The zero-order valence-electron chi connectivity index (χ0n) is 10.1. The van der Waals surface area contributed by atoms with Crippen molar-refractivity contribution >= 4 is 23.1 Å². The Morgan fingerprint density at radius 3 is 2.94 bits per heavy atom. The highest BCUT2D eigenvalue weighted by atomic mass is 32.2. The minimum absolute atomic E-state index is 0.541. The van der Waals surface area contributed by atoms with Gasteiger partial charge in [-0.1, -0.05) is 25.6 Å². The summed E-state index contributed by atoms with van der Waals surface area (Å²) in [6.07, 6.45) is 0. The quantitative estimate of drug-likeness (QED) is 0.780. The fourth-order valence-electron chi connectivity index (χ4n) is 1.37. The van der Waals surface area contributed by atoms with Gasteiger partial charge in [-0.25, -0.2) is 9.67 Å². The maximum Gasteiger partial charge on any atom is 0.209 e. The van der Waals surface area contributed by atoms with Crippen molar-refractivity contribution in [1.29, 1.82) is 0 Å². The van der Waals surface area contributed by atoms with Gasteiger partial charge in [0.05, 0.1) is 10.7 Å². The maximum atomic E-state index is 4.42. The van der Waals surface area contributed by atoms with Crippen molar-refractivity contribution in [2.75, 3.05) is 0 Å². The van der Waals surface area contributed by atoms with Gasteiger partial charge in [0.2, 0.25) is 5.16 Å². The van der Waals surface area contributed by atoms with E-state index < -0.39 is 0 Å². The van der Waals surface area contributed by atoms with E-state index >= 15 is 0 Å². The molecule has 0 fully saturated rings. The predicted octanol–water partition coefficient (Wildman–Crippen LogP) is 2.39. The van der Waals surface area contributed by atoms with E-state index in [0.29, 0.717) is 5.92 Å². The van der Waals surface area contributed by atoms with Crippen molar-refractivity contribution < 1.29 is 0 Å². The molecule has 0 N–H and O–H groups in total. The van der Waals surface area contributed by atoms with Crippen LogP contribution in [0.1, 0.15) is 24.5 Å². The first kappa shape index (κ1) is 12.5. The van der Waals surface area contributed by atoms with Crippen molar-refractivity contribution in [2.45, 2.75) is 38.2 Å². The van der Waals surface area contributed by atoms with Crippen molar-refractivity contribution in [3.8, 4) is 0 Å². The standard InChI is InChI=1S/C10H15N5S2/c1-7(2)4-15-10(12-13-14-15)17-6-9-5-16-8(3)11-9/h5,7H,4,6H2,1-3H3. The summed E-state index contributed by atoms with van der Waals surface area (Å²) >= 11 is 3.31. The number of aromatic nitrogens is 5. The molecule has 7 heteroatoms. The van der Waals surface area contributed by atoms with Crippen LogP contribution in [0.15, 0.2) is 10.5 Å². The Labute approximate surface area is 109 Å². The van der Waals surface area contributed by atoms with Crippen molar-refractivity contribution in [3.05, 3.63) is 16.1 Å². The van der Waals surface area contributed by atoms with Crippen LogP contribution in [0.2, 0.25) is 0 Å². The monoisotopic (exact) mass is 269 g/mol. The second kappa shape index (κ2) is 5.59. The average molecular weight is 269 g/mol. The van der Waals surface area contributed by atoms with Crippen LogP contribution >= 0.6 is 23.1 Å². The lowest BCUT2D eigenvalue weighted by Gasteiger charge is -2.05. The van der Waals surface area contributed by atoms with Gasteiger partial charge in [0.1, 0.15) is 0 Å². The number of nitrogens with zero attached hydrogens (tertiary/aromatic N) is 5. The van der Waals surface area contributed by atoms with E-state index in [1.165, 1.54) is 0 Å². The van der Waals surface area contributed by atoms with Gasteiger partial charge < -0.3 is 0 Å². The normalized spacial score (nSPS) is 11.3. The van der Waals surface area contributed by atoms with Crippen LogP contribution in [-0.2, 0) is 12.3 Å². The third-order valence-electron chi connectivity index (χ3n) is 2.05. The minimum atomic E-state index is 0.541. The fraction of sp³-hybridized carbons (Fsp3) is 0.600. The lowest BCUT2D eigenvalue weighted by molar-refractivity contribution is 0.446. The third kappa shape index (κ3) is 3.50. The fourth-order valence-corrected chi connectivity index (χ4v) is 2.87. The molecule has 0 aliphatic rings. The SMILES string of the molecule is Cc1nc(CSc2nnnn2CC(C)C)cs1.